The van der Waals surface area contributed by atoms with Crippen molar-refractivity contribution in [2.45, 2.75) is 31.7 Å². The zero-order chi connectivity index (χ0) is 11.7. The minimum Gasteiger partial charge on any atom is -0.314 e. The van der Waals surface area contributed by atoms with E-state index in [1.165, 1.54) is 31.5 Å². The Labute approximate surface area is 99.7 Å². The number of aromatic nitrogens is 2. The molecule has 0 spiro atoms. The van der Waals surface area contributed by atoms with Crippen molar-refractivity contribution in [3.05, 3.63) is 36.0 Å². The molecule has 0 aliphatic carbocycles. The van der Waals surface area contributed by atoms with Crippen LogP contribution in [-0.2, 0) is 6.42 Å². The van der Waals surface area contributed by atoms with Crippen LogP contribution >= 0.6 is 0 Å². The Morgan fingerprint density at radius 3 is 3.12 bits per heavy atom. The average molecular weight is 233 g/mol. The molecule has 0 aromatic carbocycles. The fraction of sp³-hybridized carbons (Fsp3) is 0.462. The predicted octanol–water partition coefficient (Wildman–Crippen LogP) is 2.16. The molecule has 1 fully saturated rings. The van der Waals surface area contributed by atoms with Crippen molar-refractivity contribution in [2.75, 3.05) is 6.54 Å². The van der Waals surface area contributed by atoms with E-state index in [1.54, 1.807) is 10.5 Å². The lowest BCUT2D eigenvalue weighted by Gasteiger charge is -2.22. The van der Waals surface area contributed by atoms with E-state index in [2.05, 4.69) is 10.3 Å². The van der Waals surface area contributed by atoms with Crippen molar-refractivity contribution < 1.29 is 4.39 Å². The summed E-state index contributed by atoms with van der Waals surface area (Å²) in [5.74, 6) is -0.225. The molecule has 0 saturated carbocycles. The number of nitrogens with zero attached hydrogens (tertiary/aromatic N) is 2. The van der Waals surface area contributed by atoms with Gasteiger partial charge >= 0.3 is 0 Å². The van der Waals surface area contributed by atoms with Gasteiger partial charge in [-0.25, -0.2) is 9.37 Å². The van der Waals surface area contributed by atoms with Gasteiger partial charge in [0.1, 0.15) is 11.5 Å². The number of imidazole rings is 1. The lowest BCUT2D eigenvalue weighted by atomic mass is 10.0. The predicted molar refractivity (Wildman–Crippen MR) is 64.5 cm³/mol. The van der Waals surface area contributed by atoms with Crippen molar-refractivity contribution in [3.63, 3.8) is 0 Å². The van der Waals surface area contributed by atoms with Crippen LogP contribution in [0, 0.1) is 5.82 Å². The fourth-order valence-corrected chi connectivity index (χ4v) is 2.47. The molecule has 3 nitrogen and oxygen atoms in total. The standard InChI is InChI=1S/C13H16FN3/c14-10-4-5-13-16-12(9-17(13)8-10)7-11-3-1-2-6-15-11/h4-5,8-9,11,15H,1-3,6-7H2/t11-/m0/s1. The first-order chi connectivity index (χ1) is 8.31. The van der Waals surface area contributed by atoms with E-state index in [0.717, 1.165) is 24.3 Å². The Balaban J connectivity index is 1.80. The summed E-state index contributed by atoms with van der Waals surface area (Å²) < 4.78 is 14.8. The van der Waals surface area contributed by atoms with E-state index < -0.39 is 0 Å². The third-order valence-electron chi connectivity index (χ3n) is 3.33. The summed E-state index contributed by atoms with van der Waals surface area (Å²) in [5.41, 5.74) is 1.85. The molecule has 0 amide bonds. The van der Waals surface area contributed by atoms with Gasteiger partial charge in [0.25, 0.3) is 0 Å². The highest BCUT2D eigenvalue weighted by molar-refractivity contribution is 5.39. The van der Waals surface area contributed by atoms with Crippen LogP contribution in [0.25, 0.3) is 5.65 Å². The van der Waals surface area contributed by atoms with E-state index in [-0.39, 0.29) is 5.82 Å². The second-order valence-electron chi connectivity index (χ2n) is 4.70. The van der Waals surface area contributed by atoms with Crippen molar-refractivity contribution in [2.24, 2.45) is 0 Å². The first-order valence-corrected chi connectivity index (χ1v) is 6.18. The zero-order valence-corrected chi connectivity index (χ0v) is 9.69. The second-order valence-corrected chi connectivity index (χ2v) is 4.70. The van der Waals surface area contributed by atoms with Gasteiger partial charge in [0, 0.05) is 24.9 Å². The van der Waals surface area contributed by atoms with Gasteiger partial charge in [-0.15, -0.1) is 0 Å². The molecule has 1 aliphatic heterocycles. The Bertz CT molecular complexity index is 514. The lowest BCUT2D eigenvalue weighted by molar-refractivity contribution is 0.397. The zero-order valence-electron chi connectivity index (χ0n) is 9.69. The maximum Gasteiger partial charge on any atom is 0.139 e. The van der Waals surface area contributed by atoms with Crippen molar-refractivity contribution >= 4 is 5.65 Å². The molecule has 1 aliphatic rings. The van der Waals surface area contributed by atoms with Crippen LogP contribution in [0.4, 0.5) is 4.39 Å². The first kappa shape index (κ1) is 10.7. The third kappa shape index (κ3) is 2.31. The van der Waals surface area contributed by atoms with Gasteiger partial charge in [0.05, 0.1) is 5.69 Å². The smallest absolute Gasteiger partial charge is 0.139 e. The quantitative estimate of drug-likeness (QED) is 0.861. The number of pyridine rings is 1. The van der Waals surface area contributed by atoms with Gasteiger partial charge in [0.2, 0.25) is 0 Å². The van der Waals surface area contributed by atoms with Gasteiger partial charge < -0.3 is 9.72 Å². The largest absolute Gasteiger partial charge is 0.314 e. The maximum absolute atomic E-state index is 13.0. The topological polar surface area (TPSA) is 29.3 Å². The minimum absolute atomic E-state index is 0.225. The SMILES string of the molecule is Fc1ccc2nc(C[C@@H]3CCCCN3)cn2c1. The molecule has 4 heteroatoms. The molecule has 1 saturated heterocycles. The van der Waals surface area contributed by atoms with Crippen LogP contribution < -0.4 is 5.32 Å². The molecule has 90 valence electrons. The molecule has 2 aromatic heterocycles. The normalized spacial score (nSPS) is 20.9. The van der Waals surface area contributed by atoms with Crippen LogP contribution in [0.15, 0.2) is 24.5 Å². The van der Waals surface area contributed by atoms with Crippen molar-refractivity contribution in [1.82, 2.24) is 14.7 Å². The van der Waals surface area contributed by atoms with Gasteiger partial charge in [-0.1, -0.05) is 6.42 Å². The highest BCUT2D eigenvalue weighted by atomic mass is 19.1. The van der Waals surface area contributed by atoms with Gasteiger partial charge in [-0.05, 0) is 31.5 Å². The Morgan fingerprint density at radius 2 is 2.29 bits per heavy atom. The summed E-state index contributed by atoms with van der Waals surface area (Å²) in [4.78, 5) is 4.50. The number of piperidine rings is 1. The number of nitrogens with one attached hydrogen (secondary N) is 1. The van der Waals surface area contributed by atoms with E-state index in [1.807, 2.05) is 6.20 Å². The second kappa shape index (κ2) is 4.45. The van der Waals surface area contributed by atoms with Crippen LogP contribution in [0.3, 0.4) is 0 Å². The van der Waals surface area contributed by atoms with Crippen molar-refractivity contribution in [1.29, 1.82) is 0 Å². The third-order valence-corrected chi connectivity index (χ3v) is 3.33. The van der Waals surface area contributed by atoms with Crippen LogP contribution in [0.2, 0.25) is 0 Å². The molecular formula is C13H16FN3. The molecule has 0 unspecified atom stereocenters. The minimum atomic E-state index is -0.225. The summed E-state index contributed by atoms with van der Waals surface area (Å²) in [5, 5.41) is 3.50. The molecule has 1 N–H and O–H groups in total. The molecule has 3 heterocycles. The number of fused-ring (bicyclic) bond motifs is 1. The van der Waals surface area contributed by atoms with Gasteiger partial charge in [-0.3, -0.25) is 0 Å². The van der Waals surface area contributed by atoms with Crippen LogP contribution in [0.5, 0.6) is 0 Å². The van der Waals surface area contributed by atoms with Crippen molar-refractivity contribution in [3.8, 4) is 0 Å². The lowest BCUT2D eigenvalue weighted by Crippen LogP contribution is -2.35. The number of hydrogen-bond acceptors (Lipinski definition) is 2. The fourth-order valence-electron chi connectivity index (χ4n) is 2.47. The maximum atomic E-state index is 13.0. The monoisotopic (exact) mass is 233 g/mol. The highest BCUT2D eigenvalue weighted by Gasteiger charge is 2.14. The van der Waals surface area contributed by atoms with Gasteiger partial charge in [0.15, 0.2) is 0 Å². The molecule has 1 atom stereocenters. The molecule has 0 bridgehead atoms. The Morgan fingerprint density at radius 1 is 1.35 bits per heavy atom. The first-order valence-electron chi connectivity index (χ1n) is 6.18. The molecule has 17 heavy (non-hydrogen) atoms. The molecule has 0 radical (unpaired) electrons. The Hall–Kier alpha value is -1.42. The summed E-state index contributed by atoms with van der Waals surface area (Å²) in [6.07, 6.45) is 8.10. The van der Waals surface area contributed by atoms with Gasteiger partial charge in [-0.2, -0.15) is 0 Å². The van der Waals surface area contributed by atoms with E-state index in [4.69, 9.17) is 0 Å². The number of rotatable bonds is 2. The number of halogens is 1. The van der Waals surface area contributed by atoms with Crippen LogP contribution in [0.1, 0.15) is 25.0 Å². The Kier molecular flexibility index (Phi) is 2.81. The van der Waals surface area contributed by atoms with E-state index >= 15 is 0 Å². The summed E-state index contributed by atoms with van der Waals surface area (Å²) >= 11 is 0. The van der Waals surface area contributed by atoms with E-state index in [0.29, 0.717) is 6.04 Å². The summed E-state index contributed by atoms with van der Waals surface area (Å²) in [6.45, 7) is 1.10. The highest BCUT2D eigenvalue weighted by Crippen LogP contribution is 2.13. The van der Waals surface area contributed by atoms with E-state index in [9.17, 15) is 4.39 Å². The number of hydrogen-bond donors (Lipinski definition) is 1. The molecule has 3 rings (SSSR count). The summed E-state index contributed by atoms with van der Waals surface area (Å²) in [7, 11) is 0. The molecule has 2 aromatic rings. The summed E-state index contributed by atoms with van der Waals surface area (Å²) in [6, 6.07) is 3.69. The van der Waals surface area contributed by atoms with Crippen LogP contribution in [-0.4, -0.2) is 22.0 Å². The average Bonchev–Trinajstić information content (AvgIpc) is 2.71. The molecular weight excluding hydrogens is 217 g/mol.